The van der Waals surface area contributed by atoms with E-state index in [0.717, 1.165) is 12.5 Å². The van der Waals surface area contributed by atoms with Gasteiger partial charge in [0.25, 0.3) is 0 Å². The lowest BCUT2D eigenvalue weighted by Crippen LogP contribution is -2.50. The molecule has 2 heterocycles. The zero-order chi connectivity index (χ0) is 12.7. The third kappa shape index (κ3) is 6.34. The van der Waals surface area contributed by atoms with Gasteiger partial charge in [-0.2, -0.15) is 0 Å². The Morgan fingerprint density at radius 1 is 1.12 bits per heavy atom. The molecule has 1 aromatic heterocycles. The molecule has 0 unspecified atom stereocenters. The predicted molar refractivity (Wildman–Crippen MR) is 56.8 cm³/mol. The van der Waals surface area contributed by atoms with Gasteiger partial charge in [0, 0.05) is 0 Å². The normalized spacial score (nSPS) is 14.2. The minimum absolute atomic E-state index is 0.754. The number of rotatable bonds is 0. The van der Waals surface area contributed by atoms with Crippen LogP contribution in [0.15, 0.2) is 47.9 Å². The summed E-state index contributed by atoms with van der Waals surface area (Å²) in [5.74, 6) is 0.873. The monoisotopic (exact) mass is 247 g/mol. The van der Waals surface area contributed by atoms with E-state index in [1.807, 2.05) is 47.4 Å². The number of nitrogens with zero attached hydrogens (tertiary/aromatic N) is 2. The van der Waals surface area contributed by atoms with Crippen LogP contribution in [0, 0.1) is 0 Å². The Hall–Kier alpha value is -1.86. The molecular formula is C9H10BF4N3. The summed E-state index contributed by atoms with van der Waals surface area (Å²) >= 11 is 0. The first-order chi connectivity index (χ1) is 7.97. The lowest BCUT2D eigenvalue weighted by Gasteiger charge is -2.01. The van der Waals surface area contributed by atoms with Crippen LogP contribution in [0.25, 0.3) is 0 Å². The molecule has 0 atom stereocenters. The van der Waals surface area contributed by atoms with E-state index in [9.17, 15) is 17.3 Å². The molecule has 17 heavy (non-hydrogen) atoms. The summed E-state index contributed by atoms with van der Waals surface area (Å²) < 4.78 is 40.9. The number of hydrogen-bond donors (Lipinski definition) is 1. The first-order valence-electron chi connectivity index (χ1n) is 4.77. The highest BCUT2D eigenvalue weighted by Gasteiger charge is 2.20. The minimum Gasteiger partial charge on any atom is -0.418 e. The molecule has 2 rings (SSSR count). The average Bonchev–Trinajstić information content (AvgIpc) is 2.29. The molecule has 0 saturated heterocycles. The number of aromatic nitrogens is 1. The van der Waals surface area contributed by atoms with Crippen LogP contribution in [0.1, 0.15) is 0 Å². The van der Waals surface area contributed by atoms with Crippen LogP contribution >= 0.6 is 0 Å². The second kappa shape index (κ2) is 6.02. The number of pyridine rings is 1. The summed E-state index contributed by atoms with van der Waals surface area (Å²) in [5, 5.41) is 3.07. The van der Waals surface area contributed by atoms with Crippen LogP contribution in [-0.4, -0.2) is 19.8 Å². The summed E-state index contributed by atoms with van der Waals surface area (Å²) in [6, 6.07) is 5.93. The van der Waals surface area contributed by atoms with E-state index in [1.165, 1.54) is 0 Å². The predicted octanol–water partition coefficient (Wildman–Crippen LogP) is 1.60. The molecule has 8 heteroatoms. The molecule has 0 radical (unpaired) electrons. The van der Waals surface area contributed by atoms with Gasteiger partial charge in [-0.3, -0.25) is 0 Å². The molecule has 1 aliphatic rings. The van der Waals surface area contributed by atoms with E-state index < -0.39 is 7.25 Å². The largest absolute Gasteiger partial charge is 0.673 e. The Balaban J connectivity index is 0.000000249. The van der Waals surface area contributed by atoms with Crippen LogP contribution in [-0.2, 0) is 0 Å². The van der Waals surface area contributed by atoms with Gasteiger partial charge < -0.3 is 17.3 Å². The van der Waals surface area contributed by atoms with E-state index in [-0.39, 0.29) is 0 Å². The molecule has 1 N–H and O–H groups in total. The van der Waals surface area contributed by atoms with Crippen molar-refractivity contribution in [3.63, 3.8) is 0 Å². The standard InChI is InChI=1S/C9H10N3.BF4/c1-2-7-12(8-3-1)9-10-5-4-6-11-9;2-1(3,4)5/h1-5,7-8H,6H2,(H,10,11);/q+1;-1. The highest BCUT2D eigenvalue weighted by atomic mass is 19.5. The van der Waals surface area contributed by atoms with Gasteiger partial charge in [0.05, 0.1) is 18.6 Å². The Bertz CT molecular complexity index is 396. The second-order valence-electron chi connectivity index (χ2n) is 2.99. The molecule has 0 spiro atoms. The highest BCUT2D eigenvalue weighted by Crippen LogP contribution is 2.06. The third-order valence-corrected chi connectivity index (χ3v) is 1.64. The maximum absolute atomic E-state index is 9.75. The molecular weight excluding hydrogens is 237 g/mol. The van der Waals surface area contributed by atoms with E-state index in [4.69, 9.17) is 0 Å². The maximum atomic E-state index is 9.75. The quantitative estimate of drug-likeness (QED) is 0.421. The fourth-order valence-corrected chi connectivity index (χ4v) is 1.07. The van der Waals surface area contributed by atoms with Gasteiger partial charge in [0.2, 0.25) is 0 Å². The molecule has 1 aromatic rings. The van der Waals surface area contributed by atoms with Crippen molar-refractivity contribution in [3.05, 3.63) is 42.9 Å². The molecule has 0 fully saturated rings. The Labute approximate surface area is 95.6 Å². The summed E-state index contributed by atoms with van der Waals surface area (Å²) in [6.07, 6.45) is 7.81. The number of aliphatic imine (C=N–C) groups is 1. The maximum Gasteiger partial charge on any atom is 0.673 e. The van der Waals surface area contributed by atoms with Gasteiger partial charge in [0.1, 0.15) is 6.54 Å². The van der Waals surface area contributed by atoms with Crippen LogP contribution in [0.4, 0.5) is 17.3 Å². The molecule has 92 valence electrons. The van der Waals surface area contributed by atoms with E-state index in [0.29, 0.717) is 0 Å². The molecule has 0 saturated carbocycles. The summed E-state index contributed by atoms with van der Waals surface area (Å²) in [4.78, 5) is 4.28. The van der Waals surface area contributed by atoms with Gasteiger partial charge in [-0.1, -0.05) is 6.07 Å². The fourth-order valence-electron chi connectivity index (χ4n) is 1.07. The smallest absolute Gasteiger partial charge is 0.418 e. The first-order valence-corrected chi connectivity index (χ1v) is 4.77. The van der Waals surface area contributed by atoms with Crippen molar-refractivity contribution in [2.75, 3.05) is 6.54 Å². The van der Waals surface area contributed by atoms with Gasteiger partial charge in [-0.05, 0) is 18.2 Å². The minimum atomic E-state index is -6.00. The van der Waals surface area contributed by atoms with E-state index >= 15 is 0 Å². The zero-order valence-corrected chi connectivity index (χ0v) is 8.73. The van der Waals surface area contributed by atoms with Gasteiger partial charge >= 0.3 is 13.2 Å². The molecule has 1 aliphatic heterocycles. The third-order valence-electron chi connectivity index (χ3n) is 1.64. The van der Waals surface area contributed by atoms with Crippen molar-refractivity contribution in [1.29, 1.82) is 0 Å². The zero-order valence-electron chi connectivity index (χ0n) is 8.73. The summed E-state index contributed by atoms with van der Waals surface area (Å²) in [7, 11) is -6.00. The van der Waals surface area contributed by atoms with E-state index in [1.54, 1.807) is 0 Å². The summed E-state index contributed by atoms with van der Waals surface area (Å²) in [5.41, 5.74) is 0. The molecule has 0 amide bonds. The average molecular weight is 247 g/mol. The van der Waals surface area contributed by atoms with Crippen molar-refractivity contribution in [1.82, 2.24) is 5.32 Å². The molecule has 0 aromatic carbocycles. The van der Waals surface area contributed by atoms with E-state index in [2.05, 4.69) is 10.3 Å². The number of halogens is 4. The SMILES string of the molecule is C1=CNC([n+]2ccccc2)=NC1.F[B-](F)(F)F. The summed E-state index contributed by atoms with van der Waals surface area (Å²) in [6.45, 7) is 0.754. The molecule has 0 bridgehead atoms. The Morgan fingerprint density at radius 2 is 1.71 bits per heavy atom. The van der Waals surface area contributed by atoms with Gasteiger partial charge in [0.15, 0.2) is 0 Å². The molecule has 0 aliphatic carbocycles. The fraction of sp³-hybridized carbons (Fsp3) is 0.111. The molecule has 3 nitrogen and oxygen atoms in total. The number of nitrogens with one attached hydrogen (secondary N) is 1. The Kier molecular flexibility index (Phi) is 4.68. The highest BCUT2D eigenvalue weighted by molar-refractivity contribution is 6.50. The first kappa shape index (κ1) is 13.2. The van der Waals surface area contributed by atoms with Crippen molar-refractivity contribution in [3.8, 4) is 0 Å². The van der Waals surface area contributed by atoms with Crippen LogP contribution in [0.5, 0.6) is 0 Å². The van der Waals surface area contributed by atoms with Crippen LogP contribution in [0.3, 0.4) is 0 Å². The topological polar surface area (TPSA) is 28.3 Å². The van der Waals surface area contributed by atoms with Crippen molar-refractivity contribution >= 4 is 13.2 Å². The van der Waals surface area contributed by atoms with Crippen LogP contribution < -0.4 is 9.88 Å². The Morgan fingerprint density at radius 3 is 2.18 bits per heavy atom. The van der Waals surface area contributed by atoms with Gasteiger partial charge in [-0.15, -0.1) is 4.99 Å². The van der Waals surface area contributed by atoms with Gasteiger partial charge in [-0.25, -0.2) is 9.88 Å². The lowest BCUT2D eigenvalue weighted by atomic mass is 10.3. The second-order valence-corrected chi connectivity index (χ2v) is 2.99. The van der Waals surface area contributed by atoms with Crippen molar-refractivity contribution in [2.45, 2.75) is 0 Å². The van der Waals surface area contributed by atoms with Crippen molar-refractivity contribution < 1.29 is 21.8 Å². The number of hydrogen-bond acceptors (Lipinski definition) is 2. The lowest BCUT2D eigenvalue weighted by molar-refractivity contribution is -0.559. The van der Waals surface area contributed by atoms with Crippen molar-refractivity contribution in [2.24, 2.45) is 4.99 Å². The van der Waals surface area contributed by atoms with Crippen LogP contribution in [0.2, 0.25) is 0 Å².